The number of nitrogens with zero attached hydrogens (tertiary/aromatic N) is 1. The lowest BCUT2D eigenvalue weighted by Crippen LogP contribution is -2.49. The van der Waals surface area contributed by atoms with Crippen LogP contribution in [0.5, 0.6) is 5.75 Å². The van der Waals surface area contributed by atoms with Crippen molar-refractivity contribution in [1.29, 1.82) is 0 Å². The number of hydrogen-bond donors (Lipinski definition) is 2. The number of benzene rings is 1. The van der Waals surface area contributed by atoms with Gasteiger partial charge in [-0.05, 0) is 57.5 Å². The number of piperidine rings is 1. The van der Waals surface area contributed by atoms with E-state index in [1.54, 1.807) is 26.8 Å². The third-order valence-electron chi connectivity index (χ3n) is 4.81. The molecule has 8 nitrogen and oxygen atoms in total. The number of thioether (sulfide) groups is 1. The van der Waals surface area contributed by atoms with Crippen LogP contribution in [0.3, 0.4) is 0 Å². The van der Waals surface area contributed by atoms with Crippen molar-refractivity contribution in [3.63, 3.8) is 0 Å². The molecule has 1 atom stereocenters. The largest absolute Gasteiger partial charge is 0.482 e. The number of halogens is 3. The summed E-state index contributed by atoms with van der Waals surface area (Å²) >= 11 is 0.710. The Labute approximate surface area is 199 Å². The van der Waals surface area contributed by atoms with Crippen LogP contribution in [-0.2, 0) is 9.53 Å². The summed E-state index contributed by atoms with van der Waals surface area (Å²) in [6.07, 6.45) is -2.36. The van der Waals surface area contributed by atoms with Gasteiger partial charge in [0.1, 0.15) is 11.4 Å². The molecule has 2 heterocycles. The van der Waals surface area contributed by atoms with Crippen molar-refractivity contribution >= 4 is 40.8 Å². The zero-order chi connectivity index (χ0) is 25.1. The van der Waals surface area contributed by atoms with Crippen molar-refractivity contribution < 1.29 is 37.0 Å². The van der Waals surface area contributed by atoms with Crippen molar-refractivity contribution in [3.05, 3.63) is 28.7 Å². The van der Waals surface area contributed by atoms with Gasteiger partial charge in [-0.25, -0.2) is 4.79 Å². The normalized spacial score (nSPS) is 20.4. The molecule has 2 aliphatic heterocycles. The summed E-state index contributed by atoms with van der Waals surface area (Å²) in [5, 5.41) is 4.43. The summed E-state index contributed by atoms with van der Waals surface area (Å²) in [5.41, 5.74) is 0.0971. The van der Waals surface area contributed by atoms with Crippen molar-refractivity contribution in [3.8, 4) is 5.75 Å². The van der Waals surface area contributed by atoms with E-state index in [2.05, 4.69) is 10.6 Å². The Morgan fingerprint density at radius 1 is 1.29 bits per heavy atom. The second-order valence-electron chi connectivity index (χ2n) is 8.88. The number of rotatable bonds is 5. The van der Waals surface area contributed by atoms with Crippen LogP contribution in [-0.4, -0.2) is 54.8 Å². The lowest BCUT2D eigenvalue weighted by molar-refractivity contribution is -0.153. The Kier molecular flexibility index (Phi) is 7.69. The van der Waals surface area contributed by atoms with Gasteiger partial charge in [0.05, 0.1) is 10.6 Å². The van der Waals surface area contributed by atoms with Crippen molar-refractivity contribution in [2.24, 2.45) is 0 Å². The molecule has 2 aliphatic rings. The third kappa shape index (κ3) is 7.31. The molecule has 12 heteroatoms. The standard InChI is InChI=1S/C22H26F3N3O5S/c1-21(2,3)33-19(30)26-14-7-5-9-28(11-14)17-13(10-16-18(29)27-20(31)34-16)6-4-8-15(17)32-12-22(23,24)25/h4,6,8,10,14H,5,7,9,11-12H2,1-3H3,(H,26,30)(H,27,29,31)/b16-10-/t14-/m1/s1. The lowest BCUT2D eigenvalue weighted by atomic mass is 10.0. The SMILES string of the molecule is CC(C)(C)OC(=O)N[C@@H]1CCCN(c2c(/C=C3\SC(=O)NC3=O)cccc2OCC(F)(F)F)C1. The van der Waals surface area contributed by atoms with E-state index in [1.165, 1.54) is 18.2 Å². The molecule has 2 N–H and O–H groups in total. The van der Waals surface area contributed by atoms with Crippen molar-refractivity contribution in [2.45, 2.75) is 51.4 Å². The molecule has 2 fully saturated rings. The van der Waals surface area contributed by atoms with Gasteiger partial charge in [-0.2, -0.15) is 13.2 Å². The molecule has 3 amide bonds. The van der Waals surface area contributed by atoms with Crippen LogP contribution < -0.4 is 20.3 Å². The number of hydrogen-bond acceptors (Lipinski definition) is 7. The molecule has 186 valence electrons. The summed E-state index contributed by atoms with van der Waals surface area (Å²) in [7, 11) is 0. The first-order valence-corrected chi connectivity index (χ1v) is 11.4. The smallest absolute Gasteiger partial charge is 0.422 e. The van der Waals surface area contributed by atoms with Gasteiger partial charge < -0.3 is 19.7 Å². The number of ether oxygens (including phenoxy) is 2. The highest BCUT2D eigenvalue weighted by atomic mass is 32.2. The number of carbonyl (C=O) groups excluding carboxylic acids is 3. The minimum atomic E-state index is -4.54. The maximum atomic E-state index is 12.9. The molecule has 0 aromatic heterocycles. The molecule has 0 aliphatic carbocycles. The fraction of sp³-hybridized carbons (Fsp3) is 0.500. The van der Waals surface area contributed by atoms with Gasteiger partial charge in [-0.1, -0.05) is 12.1 Å². The molecule has 2 saturated heterocycles. The van der Waals surface area contributed by atoms with E-state index in [-0.39, 0.29) is 16.7 Å². The van der Waals surface area contributed by atoms with Crippen molar-refractivity contribution in [1.82, 2.24) is 10.6 Å². The Balaban J connectivity index is 1.90. The van der Waals surface area contributed by atoms with E-state index >= 15 is 0 Å². The summed E-state index contributed by atoms with van der Waals surface area (Å²) in [5.74, 6) is -0.593. The van der Waals surface area contributed by atoms with Gasteiger partial charge in [0.25, 0.3) is 11.1 Å². The molecule has 0 saturated carbocycles. The Hall–Kier alpha value is -2.89. The number of alkyl halides is 3. The van der Waals surface area contributed by atoms with Crippen LogP contribution >= 0.6 is 11.8 Å². The average molecular weight is 502 g/mol. The first-order valence-electron chi connectivity index (χ1n) is 10.6. The molecule has 3 rings (SSSR count). The minimum absolute atomic E-state index is 0.0145. The van der Waals surface area contributed by atoms with Gasteiger partial charge in [0.2, 0.25) is 0 Å². The van der Waals surface area contributed by atoms with E-state index in [9.17, 15) is 27.6 Å². The van der Waals surface area contributed by atoms with Crippen LogP contribution in [0.2, 0.25) is 0 Å². The third-order valence-corrected chi connectivity index (χ3v) is 5.62. The van der Waals surface area contributed by atoms with E-state index in [1.807, 2.05) is 4.90 Å². The molecule has 1 aromatic rings. The maximum absolute atomic E-state index is 12.9. The van der Waals surface area contributed by atoms with Gasteiger partial charge in [-0.15, -0.1) is 0 Å². The van der Waals surface area contributed by atoms with Gasteiger partial charge in [0.15, 0.2) is 6.61 Å². The topological polar surface area (TPSA) is 97.0 Å². The van der Waals surface area contributed by atoms with Gasteiger partial charge >= 0.3 is 12.3 Å². The van der Waals surface area contributed by atoms with Crippen LogP contribution in [0.4, 0.5) is 28.4 Å². The first-order chi connectivity index (χ1) is 15.8. The average Bonchev–Trinajstić information content (AvgIpc) is 3.01. The number of anilines is 1. The molecule has 34 heavy (non-hydrogen) atoms. The van der Waals surface area contributed by atoms with E-state index in [4.69, 9.17) is 9.47 Å². The van der Waals surface area contributed by atoms with E-state index < -0.39 is 35.6 Å². The summed E-state index contributed by atoms with van der Waals surface area (Å²) in [6, 6.07) is 4.25. The number of amides is 3. The van der Waals surface area contributed by atoms with Gasteiger partial charge in [-0.3, -0.25) is 14.9 Å². The number of alkyl carbamates (subject to hydrolysis) is 1. The number of carbonyl (C=O) groups is 3. The summed E-state index contributed by atoms with van der Waals surface area (Å²) in [6.45, 7) is 4.54. The Morgan fingerprint density at radius 3 is 2.65 bits per heavy atom. The summed E-state index contributed by atoms with van der Waals surface area (Å²) < 4.78 is 49.0. The summed E-state index contributed by atoms with van der Waals surface area (Å²) in [4.78, 5) is 37.7. The predicted octanol–water partition coefficient (Wildman–Crippen LogP) is 4.45. The molecular formula is C22H26F3N3O5S. The lowest BCUT2D eigenvalue weighted by Gasteiger charge is -2.36. The maximum Gasteiger partial charge on any atom is 0.422 e. The second kappa shape index (κ2) is 10.2. The molecule has 0 spiro atoms. The second-order valence-corrected chi connectivity index (χ2v) is 9.90. The molecule has 0 unspecified atom stereocenters. The van der Waals surface area contributed by atoms with Crippen LogP contribution in [0.1, 0.15) is 39.2 Å². The van der Waals surface area contributed by atoms with Gasteiger partial charge in [0, 0.05) is 24.7 Å². The zero-order valence-electron chi connectivity index (χ0n) is 19.0. The highest BCUT2D eigenvalue weighted by Crippen LogP contribution is 2.38. The van der Waals surface area contributed by atoms with Crippen molar-refractivity contribution in [2.75, 3.05) is 24.6 Å². The highest BCUT2D eigenvalue weighted by Gasteiger charge is 2.32. The fourth-order valence-electron chi connectivity index (χ4n) is 3.60. The van der Waals surface area contributed by atoms with Crippen LogP contribution in [0.15, 0.2) is 23.1 Å². The quantitative estimate of drug-likeness (QED) is 0.576. The Morgan fingerprint density at radius 2 is 2.03 bits per heavy atom. The minimum Gasteiger partial charge on any atom is -0.482 e. The zero-order valence-corrected chi connectivity index (χ0v) is 19.8. The molecule has 0 radical (unpaired) electrons. The number of para-hydroxylation sites is 1. The Bertz CT molecular complexity index is 991. The molecular weight excluding hydrogens is 475 g/mol. The predicted molar refractivity (Wildman–Crippen MR) is 122 cm³/mol. The number of nitrogens with one attached hydrogen (secondary N) is 2. The first kappa shape index (κ1) is 25.7. The number of imide groups is 1. The van der Waals surface area contributed by atoms with E-state index in [0.717, 1.165) is 0 Å². The van der Waals surface area contributed by atoms with Crippen LogP contribution in [0, 0.1) is 0 Å². The van der Waals surface area contributed by atoms with Crippen LogP contribution in [0.25, 0.3) is 6.08 Å². The molecule has 0 bridgehead atoms. The van der Waals surface area contributed by atoms with E-state index in [0.29, 0.717) is 48.9 Å². The monoisotopic (exact) mass is 501 g/mol. The highest BCUT2D eigenvalue weighted by molar-refractivity contribution is 8.18. The molecule has 1 aromatic carbocycles. The fourth-order valence-corrected chi connectivity index (χ4v) is 4.28.